The number of rotatable bonds is 3. The normalized spacial score (nSPS) is 12.0. The molecule has 2 rings (SSSR count). The number of amides is 1. The predicted molar refractivity (Wildman–Crippen MR) is 68.3 cm³/mol. The van der Waals surface area contributed by atoms with E-state index in [0.717, 1.165) is 0 Å². The summed E-state index contributed by atoms with van der Waals surface area (Å²) in [7, 11) is 0. The van der Waals surface area contributed by atoms with Gasteiger partial charge in [-0.2, -0.15) is 0 Å². The maximum Gasteiger partial charge on any atom is 0.245 e. The van der Waals surface area contributed by atoms with E-state index in [1.807, 2.05) is 0 Å². The number of halogens is 3. The Morgan fingerprint density at radius 3 is 2.40 bits per heavy atom. The van der Waals surface area contributed by atoms with Crippen LogP contribution in [0.1, 0.15) is 11.6 Å². The highest BCUT2D eigenvalue weighted by Gasteiger charge is 2.19. The molecule has 0 bridgehead atoms. The monoisotopic (exact) mass is 280 g/mol. The Bertz CT molecular complexity index is 632. The van der Waals surface area contributed by atoms with Crippen molar-refractivity contribution in [1.29, 1.82) is 0 Å². The molecule has 1 amide bonds. The fourth-order valence-electron chi connectivity index (χ4n) is 1.67. The molecule has 0 aliphatic carbocycles. The van der Waals surface area contributed by atoms with Gasteiger partial charge in [0.25, 0.3) is 0 Å². The summed E-state index contributed by atoms with van der Waals surface area (Å²) >= 11 is 0. The molecule has 3 N–H and O–H groups in total. The molecule has 0 aliphatic heterocycles. The molecule has 0 spiro atoms. The first kappa shape index (κ1) is 14.1. The molecule has 20 heavy (non-hydrogen) atoms. The van der Waals surface area contributed by atoms with Gasteiger partial charge in [0.1, 0.15) is 11.9 Å². The summed E-state index contributed by atoms with van der Waals surface area (Å²) in [6, 6.07) is 8.36. The van der Waals surface area contributed by atoms with E-state index in [9.17, 15) is 18.0 Å². The lowest BCUT2D eigenvalue weighted by Crippen LogP contribution is -2.28. The molecule has 0 unspecified atom stereocenters. The van der Waals surface area contributed by atoms with Crippen molar-refractivity contribution in [2.24, 2.45) is 5.73 Å². The Labute approximate surface area is 113 Å². The van der Waals surface area contributed by atoms with Crippen molar-refractivity contribution < 1.29 is 18.0 Å². The highest BCUT2D eigenvalue weighted by atomic mass is 19.2. The van der Waals surface area contributed by atoms with Crippen LogP contribution in [-0.2, 0) is 4.79 Å². The summed E-state index contributed by atoms with van der Waals surface area (Å²) in [6.07, 6.45) is 0. The zero-order valence-corrected chi connectivity index (χ0v) is 10.2. The van der Waals surface area contributed by atoms with Crippen LogP contribution in [0, 0.1) is 17.5 Å². The van der Waals surface area contributed by atoms with E-state index < -0.39 is 35.1 Å². The second-order valence-electron chi connectivity index (χ2n) is 4.13. The van der Waals surface area contributed by atoms with Crippen molar-refractivity contribution in [1.82, 2.24) is 0 Å². The number of nitrogens with two attached hydrogens (primary N) is 1. The molecule has 6 heteroatoms. The fourth-order valence-corrected chi connectivity index (χ4v) is 1.67. The van der Waals surface area contributed by atoms with Gasteiger partial charge in [0.2, 0.25) is 5.91 Å². The summed E-state index contributed by atoms with van der Waals surface area (Å²) in [5, 5.41) is 2.07. The van der Waals surface area contributed by atoms with Crippen molar-refractivity contribution in [2.75, 3.05) is 5.32 Å². The van der Waals surface area contributed by atoms with Crippen LogP contribution in [-0.4, -0.2) is 5.91 Å². The van der Waals surface area contributed by atoms with Crippen LogP contribution < -0.4 is 11.1 Å². The Balaban J connectivity index is 2.20. The number of hydrogen-bond acceptors (Lipinski definition) is 2. The van der Waals surface area contributed by atoms with Crippen molar-refractivity contribution in [3.8, 4) is 0 Å². The molecule has 0 aromatic heterocycles. The van der Waals surface area contributed by atoms with Crippen LogP contribution in [0.3, 0.4) is 0 Å². The summed E-state index contributed by atoms with van der Waals surface area (Å²) in [5.41, 5.74) is 5.61. The van der Waals surface area contributed by atoms with Crippen molar-refractivity contribution >= 4 is 11.6 Å². The SMILES string of the molecule is N[C@H](C(=O)Nc1cc(F)cc(F)c1F)c1ccccc1. The second-order valence-corrected chi connectivity index (χ2v) is 4.13. The number of nitrogens with one attached hydrogen (secondary N) is 1. The largest absolute Gasteiger partial charge is 0.322 e. The molecule has 0 saturated carbocycles. The molecule has 0 heterocycles. The van der Waals surface area contributed by atoms with Gasteiger partial charge < -0.3 is 11.1 Å². The Hall–Kier alpha value is -2.34. The van der Waals surface area contributed by atoms with E-state index in [1.165, 1.54) is 0 Å². The lowest BCUT2D eigenvalue weighted by Gasteiger charge is -2.13. The van der Waals surface area contributed by atoms with Crippen molar-refractivity contribution in [3.63, 3.8) is 0 Å². The van der Waals surface area contributed by atoms with Gasteiger partial charge in [-0.05, 0) is 5.56 Å². The lowest BCUT2D eigenvalue weighted by molar-refractivity contribution is -0.117. The average molecular weight is 280 g/mol. The van der Waals surface area contributed by atoms with Gasteiger partial charge in [-0.3, -0.25) is 4.79 Å². The van der Waals surface area contributed by atoms with Gasteiger partial charge in [0, 0.05) is 12.1 Å². The van der Waals surface area contributed by atoms with E-state index >= 15 is 0 Å². The maximum absolute atomic E-state index is 13.4. The van der Waals surface area contributed by atoms with Crippen molar-refractivity contribution in [3.05, 3.63) is 65.5 Å². The van der Waals surface area contributed by atoms with Crippen LogP contribution >= 0.6 is 0 Å². The number of benzene rings is 2. The van der Waals surface area contributed by atoms with Gasteiger partial charge in [0.05, 0.1) is 5.69 Å². The van der Waals surface area contributed by atoms with E-state index in [2.05, 4.69) is 5.32 Å². The van der Waals surface area contributed by atoms with Crippen LogP contribution in [0.25, 0.3) is 0 Å². The van der Waals surface area contributed by atoms with E-state index in [-0.39, 0.29) is 0 Å². The van der Waals surface area contributed by atoms with E-state index in [4.69, 9.17) is 5.73 Å². The van der Waals surface area contributed by atoms with E-state index in [1.54, 1.807) is 30.3 Å². The van der Waals surface area contributed by atoms with Gasteiger partial charge in [-0.25, -0.2) is 13.2 Å². The smallest absolute Gasteiger partial charge is 0.245 e. The summed E-state index contributed by atoms with van der Waals surface area (Å²) in [5.74, 6) is -4.47. The fraction of sp³-hybridized carbons (Fsp3) is 0.0714. The molecule has 0 fully saturated rings. The Morgan fingerprint density at radius 2 is 1.75 bits per heavy atom. The molecule has 0 radical (unpaired) electrons. The molecular weight excluding hydrogens is 269 g/mol. The molecular formula is C14H11F3N2O. The third-order valence-electron chi connectivity index (χ3n) is 2.69. The van der Waals surface area contributed by atoms with Crippen molar-refractivity contribution in [2.45, 2.75) is 6.04 Å². The molecule has 1 atom stereocenters. The first-order valence-electron chi connectivity index (χ1n) is 5.75. The maximum atomic E-state index is 13.4. The van der Waals surface area contributed by atoms with Crippen LogP contribution in [0.5, 0.6) is 0 Å². The standard InChI is InChI=1S/C14H11F3N2O/c15-9-6-10(16)12(17)11(7-9)19-14(20)13(18)8-4-2-1-3-5-8/h1-7,13H,18H2,(H,19,20)/t13-/m0/s1. The lowest BCUT2D eigenvalue weighted by atomic mass is 10.1. The number of hydrogen-bond donors (Lipinski definition) is 2. The number of carbonyl (C=O) groups is 1. The molecule has 2 aromatic carbocycles. The molecule has 3 nitrogen and oxygen atoms in total. The van der Waals surface area contributed by atoms with Gasteiger partial charge >= 0.3 is 0 Å². The molecule has 2 aromatic rings. The number of carbonyl (C=O) groups excluding carboxylic acids is 1. The summed E-state index contributed by atoms with van der Waals surface area (Å²) in [6.45, 7) is 0. The average Bonchev–Trinajstić information content (AvgIpc) is 2.44. The third kappa shape index (κ3) is 2.97. The molecule has 104 valence electrons. The first-order chi connectivity index (χ1) is 9.49. The van der Waals surface area contributed by atoms with Crippen LogP contribution in [0.4, 0.5) is 18.9 Å². The topological polar surface area (TPSA) is 55.1 Å². The molecule has 0 saturated heterocycles. The van der Waals surface area contributed by atoms with Gasteiger partial charge in [0.15, 0.2) is 11.6 Å². The molecule has 0 aliphatic rings. The van der Waals surface area contributed by atoms with E-state index in [0.29, 0.717) is 17.7 Å². The van der Waals surface area contributed by atoms with Crippen LogP contribution in [0.15, 0.2) is 42.5 Å². The minimum absolute atomic E-state index is 0.391. The zero-order chi connectivity index (χ0) is 14.7. The highest BCUT2D eigenvalue weighted by molar-refractivity contribution is 5.95. The van der Waals surface area contributed by atoms with Gasteiger partial charge in [-0.1, -0.05) is 30.3 Å². The zero-order valence-electron chi connectivity index (χ0n) is 10.2. The predicted octanol–water partition coefficient (Wildman–Crippen LogP) is 2.74. The summed E-state index contributed by atoms with van der Waals surface area (Å²) < 4.78 is 39.4. The second kappa shape index (κ2) is 5.75. The quantitative estimate of drug-likeness (QED) is 0.849. The Morgan fingerprint density at radius 1 is 1.10 bits per heavy atom. The minimum Gasteiger partial charge on any atom is -0.322 e. The Kier molecular flexibility index (Phi) is 4.05. The summed E-state index contributed by atoms with van der Waals surface area (Å²) in [4.78, 5) is 11.8. The number of anilines is 1. The van der Waals surface area contributed by atoms with Gasteiger partial charge in [-0.15, -0.1) is 0 Å². The highest BCUT2D eigenvalue weighted by Crippen LogP contribution is 2.20. The third-order valence-corrected chi connectivity index (χ3v) is 2.69. The first-order valence-corrected chi connectivity index (χ1v) is 5.75. The minimum atomic E-state index is -1.38. The van der Waals surface area contributed by atoms with Crippen LogP contribution in [0.2, 0.25) is 0 Å².